The number of hydrogen-bond acceptors (Lipinski definition) is 3. The van der Waals surface area contributed by atoms with Gasteiger partial charge in [0.05, 0.1) is 28.0 Å². The molecular weight excluding hydrogens is 351 g/mol. The van der Waals surface area contributed by atoms with Crippen LogP contribution < -0.4 is 11.2 Å². The van der Waals surface area contributed by atoms with E-state index in [0.717, 1.165) is 10.6 Å². The minimum atomic E-state index is -1.17. The average Bonchev–Trinajstić information content (AvgIpc) is 2.59. The maximum Gasteiger partial charge on any atom is 0.335 e. The van der Waals surface area contributed by atoms with Gasteiger partial charge in [-0.3, -0.25) is 13.9 Å². The summed E-state index contributed by atoms with van der Waals surface area (Å²) < 4.78 is 15.5. The fraction of sp³-hybridized carbons (Fsp3) is 0.118. The molecule has 0 aliphatic heterocycles. The highest BCUT2D eigenvalue weighted by Crippen LogP contribution is 2.17. The van der Waals surface area contributed by atoms with Crippen LogP contribution >= 0.6 is 11.6 Å². The summed E-state index contributed by atoms with van der Waals surface area (Å²) >= 11 is 5.73. The molecule has 0 aliphatic carbocycles. The van der Waals surface area contributed by atoms with Crippen LogP contribution in [-0.4, -0.2) is 20.2 Å². The van der Waals surface area contributed by atoms with Crippen LogP contribution in [0.2, 0.25) is 5.02 Å². The maximum absolute atomic E-state index is 13.3. The summed E-state index contributed by atoms with van der Waals surface area (Å²) in [5.41, 5.74) is -0.449. The van der Waals surface area contributed by atoms with Crippen LogP contribution in [0, 0.1) is 5.82 Å². The summed E-state index contributed by atoms with van der Waals surface area (Å²) in [6, 6.07) is 7.88. The molecular formula is C17H12ClFN2O4. The number of benzene rings is 2. The highest BCUT2D eigenvalue weighted by molar-refractivity contribution is 6.30. The molecule has 0 fully saturated rings. The monoisotopic (exact) mass is 362 g/mol. The fourth-order valence-electron chi connectivity index (χ4n) is 2.61. The van der Waals surface area contributed by atoms with Crippen LogP contribution in [0.1, 0.15) is 15.9 Å². The number of rotatable bonds is 3. The summed E-state index contributed by atoms with van der Waals surface area (Å²) in [6.45, 7) is -0.112. The van der Waals surface area contributed by atoms with Gasteiger partial charge in [-0.2, -0.15) is 0 Å². The molecule has 0 saturated carbocycles. The average molecular weight is 363 g/mol. The van der Waals surface area contributed by atoms with E-state index >= 15 is 0 Å². The lowest BCUT2D eigenvalue weighted by molar-refractivity contribution is 0.0697. The summed E-state index contributed by atoms with van der Waals surface area (Å²) in [5, 5.41) is 9.08. The Morgan fingerprint density at radius 3 is 2.56 bits per heavy atom. The summed E-state index contributed by atoms with van der Waals surface area (Å²) in [5.74, 6) is -1.78. The van der Waals surface area contributed by atoms with Gasteiger partial charge >= 0.3 is 11.7 Å². The van der Waals surface area contributed by atoms with Gasteiger partial charge in [0.2, 0.25) is 0 Å². The lowest BCUT2D eigenvalue weighted by Gasteiger charge is -2.11. The fourth-order valence-corrected chi connectivity index (χ4v) is 2.81. The van der Waals surface area contributed by atoms with Crippen molar-refractivity contribution < 1.29 is 14.3 Å². The van der Waals surface area contributed by atoms with E-state index in [-0.39, 0.29) is 22.5 Å². The number of hydrogen-bond donors (Lipinski definition) is 1. The van der Waals surface area contributed by atoms with Gasteiger partial charge in [-0.25, -0.2) is 14.0 Å². The smallest absolute Gasteiger partial charge is 0.335 e. The Balaban J connectivity index is 2.24. The molecule has 6 nitrogen and oxygen atoms in total. The van der Waals surface area contributed by atoms with Crippen molar-refractivity contribution in [2.75, 3.05) is 0 Å². The van der Waals surface area contributed by atoms with Crippen molar-refractivity contribution in [1.29, 1.82) is 0 Å². The number of aromatic nitrogens is 2. The van der Waals surface area contributed by atoms with Crippen molar-refractivity contribution in [3.63, 3.8) is 0 Å². The molecule has 8 heteroatoms. The van der Waals surface area contributed by atoms with E-state index in [1.165, 1.54) is 41.9 Å². The molecule has 0 spiro atoms. The van der Waals surface area contributed by atoms with E-state index in [1.807, 2.05) is 0 Å². The molecule has 0 aliphatic rings. The molecule has 0 saturated heterocycles. The zero-order valence-electron chi connectivity index (χ0n) is 13.0. The van der Waals surface area contributed by atoms with Gasteiger partial charge in [0, 0.05) is 7.05 Å². The molecule has 2 aromatic carbocycles. The summed E-state index contributed by atoms with van der Waals surface area (Å²) in [6.07, 6.45) is 0. The number of fused-ring (bicyclic) bond motifs is 1. The first-order chi connectivity index (χ1) is 11.8. The lowest BCUT2D eigenvalue weighted by Crippen LogP contribution is -2.39. The lowest BCUT2D eigenvalue weighted by atomic mass is 10.1. The van der Waals surface area contributed by atoms with Gasteiger partial charge in [-0.05, 0) is 35.9 Å². The number of halogens is 2. The Kier molecular flexibility index (Phi) is 4.18. The Bertz CT molecular complexity index is 1130. The SMILES string of the molecule is Cn1c(=O)n(Cc2ccc(F)c(Cl)c2)c(=O)c2cc(C(=O)O)ccc21. The third kappa shape index (κ3) is 2.94. The van der Waals surface area contributed by atoms with Crippen molar-refractivity contribution in [3.05, 3.63) is 79.2 Å². The van der Waals surface area contributed by atoms with Crippen LogP contribution in [0.4, 0.5) is 4.39 Å². The van der Waals surface area contributed by atoms with Crippen molar-refractivity contribution in [2.45, 2.75) is 6.54 Å². The minimum Gasteiger partial charge on any atom is -0.478 e. The zero-order chi connectivity index (χ0) is 18.3. The molecule has 1 heterocycles. The Labute approximate surface area is 145 Å². The van der Waals surface area contributed by atoms with Gasteiger partial charge < -0.3 is 5.11 Å². The number of aryl methyl sites for hydroxylation is 1. The minimum absolute atomic E-state index is 0.0559. The molecule has 0 amide bonds. The first-order valence-corrected chi connectivity index (χ1v) is 7.58. The van der Waals surface area contributed by atoms with Crippen LogP contribution in [0.15, 0.2) is 46.0 Å². The Morgan fingerprint density at radius 1 is 1.20 bits per heavy atom. The number of carbonyl (C=O) groups is 1. The van der Waals surface area contributed by atoms with Crippen LogP contribution in [0.3, 0.4) is 0 Å². The van der Waals surface area contributed by atoms with Crippen molar-refractivity contribution in [2.24, 2.45) is 7.05 Å². The second-order valence-electron chi connectivity index (χ2n) is 5.52. The van der Waals surface area contributed by atoms with Crippen LogP contribution in [0.5, 0.6) is 0 Å². The number of nitrogens with zero attached hydrogens (tertiary/aromatic N) is 2. The van der Waals surface area contributed by atoms with Crippen molar-refractivity contribution in [1.82, 2.24) is 9.13 Å². The normalized spacial score (nSPS) is 11.0. The predicted octanol–water partition coefficient (Wildman–Crippen LogP) is 2.24. The van der Waals surface area contributed by atoms with E-state index in [4.69, 9.17) is 16.7 Å². The van der Waals surface area contributed by atoms with Crippen LogP contribution in [0.25, 0.3) is 10.9 Å². The van der Waals surface area contributed by atoms with E-state index in [9.17, 15) is 18.8 Å². The maximum atomic E-state index is 13.3. The third-order valence-electron chi connectivity index (χ3n) is 3.92. The van der Waals surface area contributed by atoms with Gasteiger partial charge in [0.15, 0.2) is 0 Å². The van der Waals surface area contributed by atoms with Gasteiger partial charge in [0.1, 0.15) is 5.82 Å². The van der Waals surface area contributed by atoms with Gasteiger partial charge in [0.25, 0.3) is 5.56 Å². The second-order valence-corrected chi connectivity index (χ2v) is 5.93. The molecule has 0 atom stereocenters. The van der Waals surface area contributed by atoms with Gasteiger partial charge in [-0.1, -0.05) is 17.7 Å². The van der Waals surface area contributed by atoms with E-state index in [2.05, 4.69) is 0 Å². The number of carboxylic acid groups (broad SMARTS) is 1. The third-order valence-corrected chi connectivity index (χ3v) is 4.21. The van der Waals surface area contributed by atoms with E-state index in [1.54, 1.807) is 0 Å². The topological polar surface area (TPSA) is 81.3 Å². The molecule has 0 bridgehead atoms. The van der Waals surface area contributed by atoms with Crippen molar-refractivity contribution in [3.8, 4) is 0 Å². The quantitative estimate of drug-likeness (QED) is 0.774. The number of aromatic carboxylic acids is 1. The largest absolute Gasteiger partial charge is 0.478 e. The van der Waals surface area contributed by atoms with Crippen molar-refractivity contribution >= 4 is 28.5 Å². The van der Waals surface area contributed by atoms with E-state index < -0.39 is 23.0 Å². The van der Waals surface area contributed by atoms with E-state index in [0.29, 0.717) is 11.1 Å². The molecule has 1 N–H and O–H groups in total. The standard InChI is InChI=1S/C17H12ClFN2O4/c1-20-14-5-3-10(16(23)24)7-11(14)15(22)21(17(20)25)8-9-2-4-13(19)12(18)6-9/h2-7H,8H2,1H3,(H,23,24). The molecule has 1 aromatic heterocycles. The van der Waals surface area contributed by atoms with Crippen LogP contribution in [-0.2, 0) is 13.6 Å². The number of carboxylic acids is 1. The summed E-state index contributed by atoms with van der Waals surface area (Å²) in [4.78, 5) is 36.3. The second kappa shape index (κ2) is 6.18. The molecule has 3 aromatic rings. The molecule has 25 heavy (non-hydrogen) atoms. The zero-order valence-corrected chi connectivity index (χ0v) is 13.7. The first kappa shape index (κ1) is 16.9. The highest BCUT2D eigenvalue weighted by atomic mass is 35.5. The Morgan fingerprint density at radius 2 is 1.92 bits per heavy atom. The molecule has 0 unspecified atom stereocenters. The first-order valence-electron chi connectivity index (χ1n) is 7.20. The molecule has 3 rings (SSSR count). The summed E-state index contributed by atoms with van der Waals surface area (Å²) in [7, 11) is 1.48. The predicted molar refractivity (Wildman–Crippen MR) is 90.9 cm³/mol. The Hall–Kier alpha value is -2.93. The van der Waals surface area contributed by atoms with Gasteiger partial charge in [-0.15, -0.1) is 0 Å². The molecule has 0 radical (unpaired) electrons. The molecule has 128 valence electrons. The highest BCUT2D eigenvalue weighted by Gasteiger charge is 2.14.